The third kappa shape index (κ3) is 4.02. The van der Waals surface area contributed by atoms with Gasteiger partial charge in [-0.3, -0.25) is 14.6 Å². The molecule has 2 heterocycles. The number of methoxy groups -OCH3 is 2. The van der Waals surface area contributed by atoms with Crippen molar-refractivity contribution in [3.8, 4) is 17.6 Å². The average Bonchev–Trinajstić information content (AvgIpc) is 2.80. The van der Waals surface area contributed by atoms with Crippen molar-refractivity contribution >= 4 is 17.7 Å². The Morgan fingerprint density at radius 1 is 1.07 bits per heavy atom. The van der Waals surface area contributed by atoms with E-state index in [2.05, 4.69) is 11.0 Å². The van der Waals surface area contributed by atoms with Crippen molar-refractivity contribution in [1.82, 2.24) is 9.80 Å². The van der Waals surface area contributed by atoms with Crippen LogP contribution in [0, 0.1) is 11.3 Å². The molecule has 0 radical (unpaired) electrons. The van der Waals surface area contributed by atoms with Crippen LogP contribution in [0.4, 0.5) is 0 Å². The largest absolute Gasteiger partial charge is 0.497 e. The Bertz CT molecular complexity index is 996. The number of amides is 1. The number of thioether (sulfide) groups is 1. The number of rotatable bonds is 5. The summed E-state index contributed by atoms with van der Waals surface area (Å²) in [4.78, 5) is 16.9. The van der Waals surface area contributed by atoms with Gasteiger partial charge in [0.2, 0.25) is 5.91 Å². The molecule has 1 atom stereocenters. The second-order valence-electron chi connectivity index (χ2n) is 7.27. The van der Waals surface area contributed by atoms with E-state index in [1.165, 1.54) is 0 Å². The fourth-order valence-electron chi connectivity index (χ4n) is 3.82. The van der Waals surface area contributed by atoms with Crippen LogP contribution in [-0.4, -0.2) is 42.5 Å². The number of nitriles is 1. The van der Waals surface area contributed by atoms with E-state index in [4.69, 9.17) is 9.47 Å². The minimum absolute atomic E-state index is 0.0525. The summed E-state index contributed by atoms with van der Waals surface area (Å²) < 4.78 is 10.4. The minimum Gasteiger partial charge on any atom is -0.497 e. The van der Waals surface area contributed by atoms with Gasteiger partial charge in [-0.25, -0.2) is 0 Å². The zero-order chi connectivity index (χ0) is 21.1. The summed E-state index contributed by atoms with van der Waals surface area (Å²) in [5.74, 6) is 2.16. The highest BCUT2D eigenvalue weighted by molar-refractivity contribution is 8.03. The van der Waals surface area contributed by atoms with Crippen LogP contribution in [0.15, 0.2) is 59.1 Å². The van der Waals surface area contributed by atoms with Gasteiger partial charge in [0.15, 0.2) is 0 Å². The molecule has 7 heteroatoms. The number of fused-ring (bicyclic) bond motifs is 1. The van der Waals surface area contributed by atoms with Gasteiger partial charge in [-0.1, -0.05) is 36.0 Å². The molecule has 0 N–H and O–H groups in total. The van der Waals surface area contributed by atoms with E-state index in [0.717, 1.165) is 40.1 Å². The smallest absolute Gasteiger partial charge is 0.229 e. The number of benzene rings is 2. The maximum atomic E-state index is 13.0. The van der Waals surface area contributed by atoms with Crippen molar-refractivity contribution in [1.29, 1.82) is 5.26 Å². The van der Waals surface area contributed by atoms with Crippen molar-refractivity contribution in [2.75, 3.05) is 26.8 Å². The first-order valence-corrected chi connectivity index (χ1v) is 10.7. The lowest BCUT2D eigenvalue weighted by Gasteiger charge is -2.41. The summed E-state index contributed by atoms with van der Waals surface area (Å²) in [6.45, 7) is 1.23. The molecule has 2 aliphatic heterocycles. The van der Waals surface area contributed by atoms with E-state index in [0.29, 0.717) is 18.7 Å². The molecular weight excluding hydrogens is 398 g/mol. The van der Waals surface area contributed by atoms with Gasteiger partial charge < -0.3 is 9.47 Å². The lowest BCUT2D eigenvalue weighted by Crippen LogP contribution is -2.46. The maximum absolute atomic E-state index is 13.0. The SMILES string of the molecule is COc1ccc(CN2CSC3=C(C#N)C(c4ccc(OC)cc4)CC(=O)N3C2)cc1. The number of allylic oxidation sites excluding steroid dienone is 1. The first-order chi connectivity index (χ1) is 14.6. The normalized spacial score (nSPS) is 19.3. The van der Waals surface area contributed by atoms with Crippen LogP contribution < -0.4 is 9.47 Å². The molecule has 2 aromatic rings. The molecular formula is C23H23N3O3S. The summed E-state index contributed by atoms with van der Waals surface area (Å²) in [6, 6.07) is 18.0. The quantitative estimate of drug-likeness (QED) is 0.729. The summed E-state index contributed by atoms with van der Waals surface area (Å²) in [5, 5.41) is 10.7. The predicted octanol–water partition coefficient (Wildman–Crippen LogP) is 3.92. The van der Waals surface area contributed by atoms with Crippen LogP contribution in [0.1, 0.15) is 23.5 Å². The fourth-order valence-corrected chi connectivity index (χ4v) is 4.95. The molecule has 1 saturated heterocycles. The van der Waals surface area contributed by atoms with E-state index in [-0.39, 0.29) is 11.8 Å². The van der Waals surface area contributed by atoms with E-state index in [1.807, 2.05) is 48.5 Å². The average molecular weight is 422 g/mol. The van der Waals surface area contributed by atoms with Crippen molar-refractivity contribution in [2.45, 2.75) is 18.9 Å². The fraction of sp³-hybridized carbons (Fsp3) is 0.304. The first kappa shape index (κ1) is 20.3. The van der Waals surface area contributed by atoms with Gasteiger partial charge in [0.25, 0.3) is 0 Å². The molecule has 1 unspecified atom stereocenters. The summed E-state index contributed by atoms with van der Waals surface area (Å²) in [6.07, 6.45) is 0.301. The number of carbonyl (C=O) groups excluding carboxylic acids is 1. The molecule has 0 bridgehead atoms. The highest BCUT2D eigenvalue weighted by Crippen LogP contribution is 2.42. The molecule has 30 heavy (non-hydrogen) atoms. The maximum Gasteiger partial charge on any atom is 0.229 e. The lowest BCUT2D eigenvalue weighted by atomic mass is 9.86. The van der Waals surface area contributed by atoms with E-state index < -0.39 is 0 Å². The van der Waals surface area contributed by atoms with Crippen LogP contribution in [0.2, 0.25) is 0 Å². The predicted molar refractivity (Wildman–Crippen MR) is 116 cm³/mol. The van der Waals surface area contributed by atoms with Gasteiger partial charge >= 0.3 is 0 Å². The standard InChI is InChI=1S/C23H23N3O3S/c1-28-18-7-3-16(4-8-18)13-25-14-26-22(27)11-20(21(12-24)23(26)30-15-25)17-5-9-19(29-2)10-6-17/h3-10,20H,11,13-15H2,1-2H3. The zero-order valence-electron chi connectivity index (χ0n) is 17.0. The summed E-state index contributed by atoms with van der Waals surface area (Å²) >= 11 is 1.56. The van der Waals surface area contributed by atoms with Crippen molar-refractivity contribution in [2.24, 2.45) is 0 Å². The monoisotopic (exact) mass is 421 g/mol. The van der Waals surface area contributed by atoms with Gasteiger partial charge in [-0.2, -0.15) is 5.26 Å². The van der Waals surface area contributed by atoms with Crippen LogP contribution in [0.3, 0.4) is 0 Å². The molecule has 154 valence electrons. The Kier molecular flexibility index (Phi) is 5.98. The van der Waals surface area contributed by atoms with Crippen molar-refractivity contribution in [3.63, 3.8) is 0 Å². The van der Waals surface area contributed by atoms with E-state index in [9.17, 15) is 10.1 Å². The molecule has 6 nitrogen and oxygen atoms in total. The molecule has 0 aromatic heterocycles. The molecule has 2 aromatic carbocycles. The number of hydrogen-bond acceptors (Lipinski definition) is 6. The lowest BCUT2D eigenvalue weighted by molar-refractivity contribution is -0.131. The van der Waals surface area contributed by atoms with Crippen LogP contribution in [0.5, 0.6) is 11.5 Å². The minimum atomic E-state index is -0.208. The topological polar surface area (TPSA) is 65.8 Å². The Morgan fingerprint density at radius 3 is 2.30 bits per heavy atom. The third-order valence-corrected chi connectivity index (χ3v) is 6.64. The summed E-state index contributed by atoms with van der Waals surface area (Å²) in [5.41, 5.74) is 2.80. The first-order valence-electron chi connectivity index (χ1n) is 9.69. The molecule has 1 fully saturated rings. The Morgan fingerprint density at radius 2 is 1.70 bits per heavy atom. The Balaban J connectivity index is 1.53. The van der Waals surface area contributed by atoms with Crippen LogP contribution >= 0.6 is 11.8 Å². The molecule has 0 spiro atoms. The highest BCUT2D eigenvalue weighted by atomic mass is 32.2. The number of carbonyl (C=O) groups is 1. The van der Waals surface area contributed by atoms with Gasteiger partial charge in [-0.15, -0.1) is 0 Å². The Labute approximate surface area is 180 Å². The molecule has 1 amide bonds. The number of nitrogens with zero attached hydrogens (tertiary/aromatic N) is 3. The van der Waals surface area contributed by atoms with Gasteiger partial charge in [0, 0.05) is 18.9 Å². The van der Waals surface area contributed by atoms with Crippen molar-refractivity contribution in [3.05, 3.63) is 70.3 Å². The van der Waals surface area contributed by atoms with Crippen LogP contribution in [-0.2, 0) is 11.3 Å². The molecule has 4 rings (SSSR count). The van der Waals surface area contributed by atoms with E-state index >= 15 is 0 Å². The second kappa shape index (κ2) is 8.82. The number of ether oxygens (including phenoxy) is 2. The molecule has 0 saturated carbocycles. The molecule has 2 aliphatic rings. The van der Waals surface area contributed by atoms with Gasteiger partial charge in [-0.05, 0) is 35.4 Å². The second-order valence-corrected chi connectivity index (χ2v) is 8.21. The Hall–Kier alpha value is -2.95. The number of hydrogen-bond donors (Lipinski definition) is 0. The zero-order valence-corrected chi connectivity index (χ0v) is 17.8. The highest BCUT2D eigenvalue weighted by Gasteiger charge is 2.38. The summed E-state index contributed by atoms with van der Waals surface area (Å²) in [7, 11) is 3.27. The van der Waals surface area contributed by atoms with Gasteiger partial charge in [0.05, 0.1) is 43.4 Å². The van der Waals surface area contributed by atoms with Crippen LogP contribution in [0.25, 0.3) is 0 Å². The van der Waals surface area contributed by atoms with Gasteiger partial charge in [0.1, 0.15) is 11.5 Å². The third-order valence-electron chi connectivity index (χ3n) is 5.43. The molecule has 0 aliphatic carbocycles. The van der Waals surface area contributed by atoms with E-state index in [1.54, 1.807) is 30.9 Å². The van der Waals surface area contributed by atoms with Crippen molar-refractivity contribution < 1.29 is 14.3 Å².